The zero-order valence-corrected chi connectivity index (χ0v) is 14.3. The maximum absolute atomic E-state index is 12.2. The minimum Gasteiger partial charge on any atom is -0.497 e. The first-order valence-corrected chi connectivity index (χ1v) is 7.78. The molecule has 7 nitrogen and oxygen atoms in total. The third kappa shape index (κ3) is 4.26. The highest BCUT2D eigenvalue weighted by molar-refractivity contribution is 5.76. The van der Waals surface area contributed by atoms with E-state index in [0.29, 0.717) is 30.9 Å². The number of nitrogens with one attached hydrogen (secondary N) is 1. The molecule has 0 aliphatic heterocycles. The lowest BCUT2D eigenvalue weighted by atomic mass is 10.0. The number of carbonyl (C=O) groups is 1. The zero-order valence-electron chi connectivity index (χ0n) is 14.3. The lowest BCUT2D eigenvalue weighted by molar-refractivity contribution is -0.121. The summed E-state index contributed by atoms with van der Waals surface area (Å²) in [5.74, 6) is 1.96. The normalized spacial score (nSPS) is 11.8. The van der Waals surface area contributed by atoms with Crippen LogP contribution in [0.5, 0.6) is 11.5 Å². The van der Waals surface area contributed by atoms with Gasteiger partial charge in [-0.05, 0) is 30.7 Å². The molecule has 0 radical (unpaired) electrons. The molecule has 3 N–H and O–H groups in total. The van der Waals surface area contributed by atoms with Crippen molar-refractivity contribution in [3.05, 3.63) is 42.0 Å². The van der Waals surface area contributed by atoms with Gasteiger partial charge < -0.3 is 25.1 Å². The van der Waals surface area contributed by atoms with Crippen LogP contribution in [-0.4, -0.2) is 36.2 Å². The minimum absolute atomic E-state index is 0.0739. The van der Waals surface area contributed by atoms with E-state index >= 15 is 0 Å². The average Bonchev–Trinajstić information content (AvgIpc) is 3.02. The van der Waals surface area contributed by atoms with Crippen molar-refractivity contribution in [3.63, 3.8) is 0 Å². The van der Waals surface area contributed by atoms with Crippen molar-refractivity contribution in [3.8, 4) is 11.5 Å². The quantitative estimate of drug-likeness (QED) is 0.762. The van der Waals surface area contributed by atoms with Gasteiger partial charge in [-0.15, -0.1) is 0 Å². The number of ether oxygens (including phenoxy) is 2. The Morgan fingerprint density at radius 1 is 1.29 bits per heavy atom. The van der Waals surface area contributed by atoms with Crippen LogP contribution >= 0.6 is 0 Å². The number of aromatic nitrogens is 2. The summed E-state index contributed by atoms with van der Waals surface area (Å²) in [4.78, 5) is 16.6. The van der Waals surface area contributed by atoms with Gasteiger partial charge in [-0.25, -0.2) is 4.98 Å². The number of methoxy groups -OCH3 is 2. The number of nitrogens with two attached hydrogens (primary N) is 1. The molecule has 0 saturated heterocycles. The Kier molecular flexibility index (Phi) is 6.20. The van der Waals surface area contributed by atoms with E-state index in [-0.39, 0.29) is 5.91 Å². The number of hydrogen-bond acceptors (Lipinski definition) is 5. The third-order valence-electron chi connectivity index (χ3n) is 3.74. The number of benzene rings is 1. The second kappa shape index (κ2) is 8.35. The molecule has 2 rings (SSSR count). The SMILES string of the molecule is COc1cc(OC)cc(C(NC(=O)CCCN)c2nccn2C)c1. The van der Waals surface area contributed by atoms with Gasteiger partial charge in [0.05, 0.1) is 14.2 Å². The van der Waals surface area contributed by atoms with Crippen molar-refractivity contribution in [1.82, 2.24) is 14.9 Å². The highest BCUT2D eigenvalue weighted by Gasteiger charge is 2.22. The predicted octanol–water partition coefficient (Wildman–Crippen LogP) is 1.38. The third-order valence-corrected chi connectivity index (χ3v) is 3.74. The van der Waals surface area contributed by atoms with Crippen molar-refractivity contribution in [2.45, 2.75) is 18.9 Å². The fourth-order valence-electron chi connectivity index (χ4n) is 2.44. The Hall–Kier alpha value is -2.54. The van der Waals surface area contributed by atoms with Gasteiger partial charge in [0.2, 0.25) is 5.91 Å². The summed E-state index contributed by atoms with van der Waals surface area (Å²) in [5.41, 5.74) is 6.32. The molecule has 2 aromatic rings. The van der Waals surface area contributed by atoms with Crippen molar-refractivity contribution < 1.29 is 14.3 Å². The van der Waals surface area contributed by atoms with Gasteiger partial charge in [-0.2, -0.15) is 0 Å². The van der Waals surface area contributed by atoms with Crippen LogP contribution in [-0.2, 0) is 11.8 Å². The van der Waals surface area contributed by atoms with Gasteiger partial charge in [0.15, 0.2) is 0 Å². The van der Waals surface area contributed by atoms with Crippen LogP contribution in [0.4, 0.5) is 0 Å². The molecule has 0 bridgehead atoms. The lowest BCUT2D eigenvalue weighted by Crippen LogP contribution is -2.31. The zero-order chi connectivity index (χ0) is 17.5. The van der Waals surface area contributed by atoms with E-state index < -0.39 is 6.04 Å². The van der Waals surface area contributed by atoms with Crippen molar-refractivity contribution in [2.75, 3.05) is 20.8 Å². The second-order valence-electron chi connectivity index (χ2n) is 5.44. The van der Waals surface area contributed by atoms with Gasteiger partial charge in [0.25, 0.3) is 0 Å². The standard InChI is InChI=1S/C17H24N4O3/c1-21-8-7-19-17(21)16(20-15(22)5-4-6-18)12-9-13(23-2)11-14(10-12)24-3/h7-11,16H,4-6,18H2,1-3H3,(H,20,22). The van der Waals surface area contributed by atoms with Crippen molar-refractivity contribution >= 4 is 5.91 Å². The predicted molar refractivity (Wildman–Crippen MR) is 91.0 cm³/mol. The van der Waals surface area contributed by atoms with Gasteiger partial charge in [0, 0.05) is 31.9 Å². The van der Waals surface area contributed by atoms with Gasteiger partial charge in [0.1, 0.15) is 23.4 Å². The number of aryl methyl sites for hydroxylation is 1. The maximum Gasteiger partial charge on any atom is 0.220 e. The minimum atomic E-state index is -0.403. The van der Waals surface area contributed by atoms with E-state index in [1.807, 2.05) is 29.9 Å². The van der Waals surface area contributed by atoms with Crippen LogP contribution in [0.1, 0.15) is 30.3 Å². The summed E-state index contributed by atoms with van der Waals surface area (Å²) in [6.07, 6.45) is 4.55. The first-order chi connectivity index (χ1) is 11.6. The molecular weight excluding hydrogens is 308 g/mol. The monoisotopic (exact) mass is 332 g/mol. The highest BCUT2D eigenvalue weighted by atomic mass is 16.5. The Bertz CT molecular complexity index is 662. The van der Waals surface area contributed by atoms with E-state index in [4.69, 9.17) is 15.2 Å². The van der Waals surface area contributed by atoms with E-state index in [2.05, 4.69) is 10.3 Å². The van der Waals surface area contributed by atoms with E-state index in [1.165, 1.54) is 0 Å². The van der Waals surface area contributed by atoms with E-state index in [0.717, 1.165) is 11.4 Å². The van der Waals surface area contributed by atoms with Crippen LogP contribution in [0.3, 0.4) is 0 Å². The molecule has 24 heavy (non-hydrogen) atoms. The van der Waals surface area contributed by atoms with Gasteiger partial charge in [-0.3, -0.25) is 4.79 Å². The summed E-state index contributed by atoms with van der Waals surface area (Å²) in [6.45, 7) is 0.480. The van der Waals surface area contributed by atoms with E-state index in [1.54, 1.807) is 26.5 Å². The Labute approximate surface area is 141 Å². The molecular formula is C17H24N4O3. The number of nitrogens with zero attached hydrogens (tertiary/aromatic N) is 2. The molecule has 0 saturated carbocycles. The topological polar surface area (TPSA) is 91.4 Å². The summed E-state index contributed by atoms with van der Waals surface area (Å²) >= 11 is 0. The molecule has 1 atom stereocenters. The summed E-state index contributed by atoms with van der Waals surface area (Å²) in [5, 5.41) is 3.03. The number of amides is 1. The molecule has 7 heteroatoms. The summed E-state index contributed by atoms with van der Waals surface area (Å²) in [6, 6.07) is 5.12. The Morgan fingerprint density at radius 2 is 1.96 bits per heavy atom. The smallest absolute Gasteiger partial charge is 0.220 e. The maximum atomic E-state index is 12.2. The number of imidazole rings is 1. The van der Waals surface area contributed by atoms with Crippen LogP contribution in [0.25, 0.3) is 0 Å². The number of rotatable bonds is 8. The Balaban J connectivity index is 2.39. The summed E-state index contributed by atoms with van der Waals surface area (Å²) in [7, 11) is 5.07. The Morgan fingerprint density at radius 3 is 2.46 bits per heavy atom. The first-order valence-electron chi connectivity index (χ1n) is 7.78. The molecule has 1 aromatic heterocycles. The van der Waals surface area contributed by atoms with Gasteiger partial charge >= 0.3 is 0 Å². The lowest BCUT2D eigenvalue weighted by Gasteiger charge is -2.20. The molecule has 1 aromatic carbocycles. The largest absolute Gasteiger partial charge is 0.497 e. The van der Waals surface area contributed by atoms with Crippen LogP contribution in [0.15, 0.2) is 30.6 Å². The molecule has 1 unspecified atom stereocenters. The van der Waals surface area contributed by atoms with Crippen LogP contribution in [0.2, 0.25) is 0 Å². The molecule has 130 valence electrons. The van der Waals surface area contributed by atoms with Crippen molar-refractivity contribution in [1.29, 1.82) is 0 Å². The average molecular weight is 332 g/mol. The highest BCUT2D eigenvalue weighted by Crippen LogP contribution is 2.29. The second-order valence-corrected chi connectivity index (χ2v) is 5.44. The summed E-state index contributed by atoms with van der Waals surface area (Å²) < 4.78 is 12.5. The fraction of sp³-hybridized carbons (Fsp3) is 0.412. The molecule has 0 aliphatic rings. The van der Waals surface area contributed by atoms with Crippen LogP contribution in [0, 0.1) is 0 Å². The molecule has 1 heterocycles. The molecule has 0 aliphatic carbocycles. The first kappa shape index (κ1) is 17.8. The molecule has 0 fully saturated rings. The number of hydrogen-bond donors (Lipinski definition) is 2. The van der Waals surface area contributed by atoms with Gasteiger partial charge in [-0.1, -0.05) is 0 Å². The van der Waals surface area contributed by atoms with Crippen molar-refractivity contribution in [2.24, 2.45) is 12.8 Å². The van der Waals surface area contributed by atoms with E-state index in [9.17, 15) is 4.79 Å². The fourth-order valence-corrected chi connectivity index (χ4v) is 2.44. The molecule has 0 spiro atoms. The molecule has 1 amide bonds. The number of carbonyl (C=O) groups excluding carboxylic acids is 1. The van der Waals surface area contributed by atoms with Crippen LogP contribution < -0.4 is 20.5 Å².